The molecule has 0 spiro atoms. The smallest absolute Gasteiger partial charge is 0.311 e. The maximum atomic E-state index is 12.1. The van der Waals surface area contributed by atoms with Gasteiger partial charge in [-0.15, -0.1) is 11.3 Å². The van der Waals surface area contributed by atoms with E-state index in [1.807, 2.05) is 17.5 Å². The number of nitrogens with one attached hydrogen (secondary N) is 1. The highest BCUT2D eigenvalue weighted by Gasteiger charge is 2.20. The van der Waals surface area contributed by atoms with Gasteiger partial charge in [-0.3, -0.25) is 9.59 Å². The van der Waals surface area contributed by atoms with Crippen molar-refractivity contribution in [3.8, 4) is 0 Å². The van der Waals surface area contributed by atoms with Crippen LogP contribution in [0.1, 0.15) is 26.6 Å². The normalized spacial score (nSPS) is 10.4. The fourth-order valence-corrected chi connectivity index (χ4v) is 2.62. The lowest BCUT2D eigenvalue weighted by molar-refractivity contribution is -0.136. The number of thiophene rings is 1. The number of hydrogen-bond donors (Lipinski definition) is 2. The van der Waals surface area contributed by atoms with E-state index in [0.717, 1.165) is 6.42 Å². The van der Waals surface area contributed by atoms with E-state index in [2.05, 4.69) is 5.32 Å². The molecule has 2 aromatic rings. The lowest BCUT2D eigenvalue weighted by Gasteiger charge is -2.05. The molecule has 0 bridgehead atoms. The van der Waals surface area contributed by atoms with E-state index in [1.54, 1.807) is 18.3 Å². The monoisotopic (exact) mass is 293 g/mol. The van der Waals surface area contributed by atoms with Crippen molar-refractivity contribution < 1.29 is 19.1 Å². The molecule has 0 saturated carbocycles. The van der Waals surface area contributed by atoms with Crippen LogP contribution in [0.15, 0.2) is 28.2 Å². The van der Waals surface area contributed by atoms with E-state index in [0.29, 0.717) is 17.7 Å². The second kappa shape index (κ2) is 6.38. The highest BCUT2D eigenvalue weighted by atomic mass is 32.1. The summed E-state index contributed by atoms with van der Waals surface area (Å²) in [6.45, 7) is 2.24. The summed E-state index contributed by atoms with van der Waals surface area (Å²) in [5.74, 6) is -1.11. The molecule has 2 N–H and O–H groups in total. The van der Waals surface area contributed by atoms with Gasteiger partial charge in [0, 0.05) is 17.0 Å². The van der Waals surface area contributed by atoms with Crippen LogP contribution < -0.4 is 5.32 Å². The Hall–Kier alpha value is -2.08. The fraction of sp³-hybridized carbons (Fsp3) is 0.286. The third-order valence-corrected chi connectivity index (χ3v) is 3.76. The van der Waals surface area contributed by atoms with E-state index in [4.69, 9.17) is 9.52 Å². The Morgan fingerprint density at radius 1 is 1.45 bits per heavy atom. The van der Waals surface area contributed by atoms with Crippen LogP contribution in [0.2, 0.25) is 0 Å². The van der Waals surface area contributed by atoms with Crippen LogP contribution in [0.3, 0.4) is 0 Å². The fourth-order valence-electron chi connectivity index (χ4n) is 1.91. The number of carbonyl (C=O) groups excluding carboxylic acids is 1. The second-order valence-electron chi connectivity index (χ2n) is 4.37. The number of carboxylic acid groups (broad SMARTS) is 1. The van der Waals surface area contributed by atoms with Gasteiger partial charge in [0.15, 0.2) is 0 Å². The van der Waals surface area contributed by atoms with Crippen LogP contribution in [0, 0.1) is 6.92 Å². The van der Waals surface area contributed by atoms with E-state index in [9.17, 15) is 9.59 Å². The average molecular weight is 293 g/mol. The topological polar surface area (TPSA) is 79.5 Å². The summed E-state index contributed by atoms with van der Waals surface area (Å²) in [6.07, 6.45) is 1.88. The molecule has 0 saturated heterocycles. The first kappa shape index (κ1) is 14.3. The Morgan fingerprint density at radius 2 is 2.25 bits per heavy atom. The van der Waals surface area contributed by atoms with Crippen molar-refractivity contribution in [3.05, 3.63) is 45.5 Å². The van der Waals surface area contributed by atoms with Crippen LogP contribution in [0.5, 0.6) is 0 Å². The first-order valence-corrected chi connectivity index (χ1v) is 7.05. The van der Waals surface area contributed by atoms with Gasteiger partial charge in [0.1, 0.15) is 12.2 Å². The van der Waals surface area contributed by atoms with E-state index < -0.39 is 5.97 Å². The number of aryl methyl sites for hydroxylation is 1. The lowest BCUT2D eigenvalue weighted by Crippen LogP contribution is -2.27. The van der Waals surface area contributed by atoms with Gasteiger partial charge < -0.3 is 14.8 Å². The molecular weight excluding hydrogens is 278 g/mol. The van der Waals surface area contributed by atoms with Crippen LogP contribution in [0.25, 0.3) is 0 Å². The van der Waals surface area contributed by atoms with Crippen LogP contribution in [0.4, 0.5) is 0 Å². The minimum Gasteiger partial charge on any atom is -0.481 e. The maximum Gasteiger partial charge on any atom is 0.311 e. The summed E-state index contributed by atoms with van der Waals surface area (Å²) in [5, 5.41) is 13.6. The summed E-state index contributed by atoms with van der Waals surface area (Å²) in [4.78, 5) is 24.0. The summed E-state index contributed by atoms with van der Waals surface area (Å²) >= 11 is 1.64. The Balaban J connectivity index is 1.98. The third-order valence-electron chi connectivity index (χ3n) is 2.83. The van der Waals surface area contributed by atoms with Crippen molar-refractivity contribution in [1.29, 1.82) is 0 Å². The molecule has 6 heteroatoms. The van der Waals surface area contributed by atoms with Crippen molar-refractivity contribution in [2.75, 3.05) is 6.54 Å². The zero-order chi connectivity index (χ0) is 14.5. The minimum atomic E-state index is -1.02. The molecule has 0 unspecified atom stereocenters. The van der Waals surface area contributed by atoms with Gasteiger partial charge in [-0.2, -0.15) is 0 Å². The third kappa shape index (κ3) is 3.48. The van der Waals surface area contributed by atoms with Gasteiger partial charge >= 0.3 is 5.97 Å². The average Bonchev–Trinajstić information content (AvgIpc) is 2.99. The highest BCUT2D eigenvalue weighted by molar-refractivity contribution is 7.09. The lowest BCUT2D eigenvalue weighted by atomic mass is 10.1. The molecule has 2 aromatic heterocycles. The van der Waals surface area contributed by atoms with E-state index in [-0.39, 0.29) is 18.1 Å². The van der Waals surface area contributed by atoms with Crippen LogP contribution >= 0.6 is 11.3 Å². The van der Waals surface area contributed by atoms with Crippen LogP contribution in [-0.2, 0) is 17.6 Å². The first-order chi connectivity index (χ1) is 9.58. The number of rotatable bonds is 6. The molecule has 0 aliphatic heterocycles. The number of carbonyl (C=O) groups is 2. The Morgan fingerprint density at radius 3 is 2.90 bits per heavy atom. The van der Waals surface area contributed by atoms with Crippen molar-refractivity contribution >= 4 is 23.2 Å². The van der Waals surface area contributed by atoms with Gasteiger partial charge in [0.25, 0.3) is 5.91 Å². The molecule has 0 fully saturated rings. The van der Waals surface area contributed by atoms with Gasteiger partial charge in [-0.25, -0.2) is 0 Å². The van der Waals surface area contributed by atoms with Gasteiger partial charge in [0.2, 0.25) is 0 Å². The summed E-state index contributed by atoms with van der Waals surface area (Å²) in [6, 6.07) is 3.97. The number of amides is 1. The molecule has 2 rings (SSSR count). The number of aliphatic carboxylic acids is 1. The molecule has 20 heavy (non-hydrogen) atoms. The Labute approximate surface area is 120 Å². The highest BCUT2D eigenvalue weighted by Crippen LogP contribution is 2.17. The maximum absolute atomic E-state index is 12.1. The van der Waals surface area contributed by atoms with Gasteiger partial charge in [-0.05, 0) is 24.8 Å². The Bertz CT molecular complexity index is 601. The van der Waals surface area contributed by atoms with E-state index in [1.165, 1.54) is 11.1 Å². The largest absolute Gasteiger partial charge is 0.481 e. The number of furan rings is 1. The van der Waals surface area contributed by atoms with Crippen molar-refractivity contribution in [1.82, 2.24) is 5.32 Å². The molecule has 5 nitrogen and oxygen atoms in total. The Kier molecular flexibility index (Phi) is 4.57. The minimum absolute atomic E-state index is 0.198. The predicted octanol–water partition coefficient (Wildman–Crippen LogP) is 2.25. The predicted molar refractivity (Wildman–Crippen MR) is 75.1 cm³/mol. The molecule has 0 aromatic carbocycles. The first-order valence-electron chi connectivity index (χ1n) is 6.17. The van der Waals surface area contributed by atoms with Crippen molar-refractivity contribution in [3.63, 3.8) is 0 Å². The quantitative estimate of drug-likeness (QED) is 0.856. The molecule has 0 atom stereocenters. The second-order valence-corrected chi connectivity index (χ2v) is 5.40. The summed E-state index contributed by atoms with van der Waals surface area (Å²) in [5.41, 5.74) is 0.980. The number of hydrogen-bond acceptors (Lipinski definition) is 4. The standard InChI is InChI=1S/C14H15NO4S/c1-9-8-19-11(7-12(16)17)13(9)14(18)15-5-4-10-3-2-6-20-10/h2-3,6,8H,4-5,7H2,1H3,(H,15,18)(H,16,17). The molecule has 2 heterocycles. The molecule has 106 valence electrons. The van der Waals surface area contributed by atoms with Crippen molar-refractivity contribution in [2.45, 2.75) is 19.8 Å². The SMILES string of the molecule is Cc1coc(CC(=O)O)c1C(=O)NCCc1cccs1. The molecule has 0 radical (unpaired) electrons. The zero-order valence-electron chi connectivity index (χ0n) is 11.0. The van der Waals surface area contributed by atoms with E-state index >= 15 is 0 Å². The number of carboxylic acids is 1. The van der Waals surface area contributed by atoms with Gasteiger partial charge in [-0.1, -0.05) is 6.07 Å². The summed E-state index contributed by atoms with van der Waals surface area (Å²) < 4.78 is 5.14. The molecule has 0 aliphatic rings. The summed E-state index contributed by atoms with van der Waals surface area (Å²) in [7, 11) is 0. The van der Waals surface area contributed by atoms with Crippen molar-refractivity contribution in [2.24, 2.45) is 0 Å². The molecular formula is C14H15NO4S. The molecule has 1 amide bonds. The van der Waals surface area contributed by atoms with Crippen LogP contribution in [-0.4, -0.2) is 23.5 Å². The zero-order valence-corrected chi connectivity index (χ0v) is 11.8. The molecule has 0 aliphatic carbocycles. The van der Waals surface area contributed by atoms with Gasteiger partial charge in [0.05, 0.1) is 11.8 Å².